The Bertz CT molecular complexity index is 636. The highest BCUT2D eigenvalue weighted by Gasteiger charge is 2.52. The first-order valence-corrected chi connectivity index (χ1v) is 7.78. The van der Waals surface area contributed by atoms with Crippen LogP contribution in [0.3, 0.4) is 0 Å². The van der Waals surface area contributed by atoms with Gasteiger partial charge in [-0.2, -0.15) is 4.37 Å². The van der Waals surface area contributed by atoms with Crippen LogP contribution in [0.1, 0.15) is 24.2 Å². The van der Waals surface area contributed by atoms with Gasteiger partial charge in [-0.3, -0.25) is 0 Å². The molecule has 0 unspecified atom stereocenters. The maximum absolute atomic E-state index is 5.09. The number of fused-ring (bicyclic) bond motifs is 2. The molecule has 1 fully saturated rings. The number of rotatable bonds is 4. The van der Waals surface area contributed by atoms with Gasteiger partial charge in [0, 0.05) is 42.7 Å². The minimum absolute atomic E-state index is 0.398. The minimum atomic E-state index is 0.398. The van der Waals surface area contributed by atoms with Crippen molar-refractivity contribution >= 4 is 22.4 Å². The maximum Gasteiger partial charge on any atom is 0.209 e. The maximum atomic E-state index is 5.09. The van der Waals surface area contributed by atoms with Crippen molar-refractivity contribution in [2.45, 2.75) is 24.7 Å². The summed E-state index contributed by atoms with van der Waals surface area (Å²) in [7, 11) is 1.71. The van der Waals surface area contributed by atoms with E-state index in [0.29, 0.717) is 12.0 Å². The second-order valence-corrected chi connectivity index (χ2v) is 6.35. The van der Waals surface area contributed by atoms with Gasteiger partial charge in [-0.15, -0.1) is 0 Å². The number of hydrogen-bond donors (Lipinski definition) is 0. The van der Waals surface area contributed by atoms with Crippen molar-refractivity contribution in [2.24, 2.45) is 0 Å². The number of hydrogen-bond acceptors (Lipinski definition) is 5. The molecule has 1 spiro atoms. The third-order valence-corrected chi connectivity index (χ3v) is 5.08. The summed E-state index contributed by atoms with van der Waals surface area (Å²) < 4.78 is 9.54. The van der Waals surface area contributed by atoms with Gasteiger partial charge in [-0.25, -0.2) is 4.98 Å². The first-order chi connectivity index (χ1) is 9.82. The second kappa shape index (κ2) is 4.53. The monoisotopic (exact) mass is 287 g/mol. The fourth-order valence-corrected chi connectivity index (χ4v) is 3.76. The molecule has 2 aliphatic rings. The van der Waals surface area contributed by atoms with Crippen LogP contribution < -0.4 is 4.90 Å². The lowest BCUT2D eigenvalue weighted by Crippen LogP contribution is -2.19. The van der Waals surface area contributed by atoms with Crippen molar-refractivity contribution in [1.29, 1.82) is 0 Å². The first kappa shape index (κ1) is 12.3. The summed E-state index contributed by atoms with van der Waals surface area (Å²) in [6.07, 6.45) is 3.39. The molecule has 4 nitrogen and oxygen atoms in total. The summed E-state index contributed by atoms with van der Waals surface area (Å²) >= 11 is 1.50. The standard InChI is InChI=1S/C15H17N3OS/c1-19-9-6-13-16-14(20-17-13)18-10-15(7-8-15)11-4-2-3-5-12(11)18/h2-5H,6-10H2,1H3. The Labute approximate surface area is 122 Å². The van der Waals surface area contributed by atoms with Gasteiger partial charge in [0.15, 0.2) is 0 Å². The van der Waals surface area contributed by atoms with Gasteiger partial charge in [0.05, 0.1) is 6.61 Å². The van der Waals surface area contributed by atoms with E-state index >= 15 is 0 Å². The van der Waals surface area contributed by atoms with Crippen LogP contribution in [-0.2, 0) is 16.6 Å². The Morgan fingerprint density at radius 3 is 3.00 bits per heavy atom. The summed E-state index contributed by atoms with van der Waals surface area (Å²) in [5.74, 6) is 0.890. The smallest absolute Gasteiger partial charge is 0.209 e. The average molecular weight is 287 g/mol. The Balaban J connectivity index is 1.65. The number of benzene rings is 1. The van der Waals surface area contributed by atoms with Crippen molar-refractivity contribution < 1.29 is 4.74 Å². The van der Waals surface area contributed by atoms with Crippen LogP contribution in [-0.4, -0.2) is 29.6 Å². The number of nitrogens with zero attached hydrogens (tertiary/aromatic N) is 3. The summed E-state index contributed by atoms with van der Waals surface area (Å²) in [4.78, 5) is 7.02. The van der Waals surface area contributed by atoms with E-state index in [1.54, 1.807) is 7.11 Å². The molecule has 1 aromatic heterocycles. The lowest BCUT2D eigenvalue weighted by Gasteiger charge is -2.15. The highest BCUT2D eigenvalue weighted by atomic mass is 32.1. The van der Waals surface area contributed by atoms with Crippen molar-refractivity contribution in [3.63, 3.8) is 0 Å². The second-order valence-electron chi connectivity index (χ2n) is 5.62. The molecule has 104 valence electrons. The van der Waals surface area contributed by atoms with Gasteiger partial charge < -0.3 is 9.64 Å². The number of methoxy groups -OCH3 is 1. The summed E-state index contributed by atoms with van der Waals surface area (Å²) in [5.41, 5.74) is 3.21. The van der Waals surface area contributed by atoms with E-state index in [2.05, 4.69) is 38.5 Å². The fourth-order valence-electron chi connectivity index (χ4n) is 3.03. The molecule has 2 heterocycles. The largest absolute Gasteiger partial charge is 0.384 e. The zero-order valence-corrected chi connectivity index (χ0v) is 12.3. The molecule has 4 rings (SSSR count). The van der Waals surface area contributed by atoms with Crippen LogP contribution in [0.25, 0.3) is 0 Å². The Morgan fingerprint density at radius 2 is 2.20 bits per heavy atom. The van der Waals surface area contributed by atoms with Crippen molar-refractivity contribution in [1.82, 2.24) is 9.36 Å². The molecule has 0 N–H and O–H groups in total. The molecule has 1 saturated carbocycles. The summed E-state index contributed by atoms with van der Waals surface area (Å²) in [5, 5.41) is 1.02. The van der Waals surface area contributed by atoms with Crippen LogP contribution in [0.4, 0.5) is 10.8 Å². The normalized spacial score (nSPS) is 18.6. The number of para-hydroxylation sites is 1. The molecule has 1 aliphatic heterocycles. The van der Waals surface area contributed by atoms with Gasteiger partial charge in [-0.1, -0.05) is 18.2 Å². The summed E-state index contributed by atoms with van der Waals surface area (Å²) in [6, 6.07) is 8.74. The molecule has 1 aromatic carbocycles. The van der Waals surface area contributed by atoms with Crippen LogP contribution in [0.2, 0.25) is 0 Å². The van der Waals surface area contributed by atoms with E-state index < -0.39 is 0 Å². The fraction of sp³-hybridized carbons (Fsp3) is 0.467. The van der Waals surface area contributed by atoms with Crippen molar-refractivity contribution in [3.8, 4) is 0 Å². The molecule has 0 saturated heterocycles. The molecule has 0 bridgehead atoms. The van der Waals surface area contributed by atoms with E-state index in [1.807, 2.05) is 0 Å². The van der Waals surface area contributed by atoms with Crippen molar-refractivity contribution in [2.75, 3.05) is 25.2 Å². The van der Waals surface area contributed by atoms with Crippen LogP contribution in [0.15, 0.2) is 24.3 Å². The zero-order chi connectivity index (χ0) is 13.6. The average Bonchev–Trinajstić information content (AvgIpc) is 2.98. The van der Waals surface area contributed by atoms with E-state index in [0.717, 1.165) is 23.9 Å². The molecule has 0 radical (unpaired) electrons. The van der Waals surface area contributed by atoms with Crippen molar-refractivity contribution in [3.05, 3.63) is 35.7 Å². The van der Waals surface area contributed by atoms with E-state index in [9.17, 15) is 0 Å². The van der Waals surface area contributed by atoms with Gasteiger partial charge in [0.25, 0.3) is 0 Å². The molecule has 20 heavy (non-hydrogen) atoms. The molecular formula is C15H17N3OS. The van der Waals surface area contributed by atoms with E-state index in [4.69, 9.17) is 4.74 Å². The predicted octanol–water partition coefficient (Wildman–Crippen LogP) is 2.91. The third-order valence-electron chi connectivity index (χ3n) is 4.30. The molecule has 2 aromatic rings. The minimum Gasteiger partial charge on any atom is -0.384 e. The molecular weight excluding hydrogens is 270 g/mol. The van der Waals surface area contributed by atoms with Crippen LogP contribution in [0, 0.1) is 0 Å². The van der Waals surface area contributed by atoms with Gasteiger partial charge in [0.2, 0.25) is 5.13 Å². The van der Waals surface area contributed by atoms with E-state index in [-0.39, 0.29) is 0 Å². The zero-order valence-electron chi connectivity index (χ0n) is 11.5. The van der Waals surface area contributed by atoms with Crippen LogP contribution >= 0.6 is 11.5 Å². The topological polar surface area (TPSA) is 38.2 Å². The number of ether oxygens (including phenoxy) is 1. The van der Waals surface area contributed by atoms with E-state index in [1.165, 1.54) is 35.6 Å². The van der Waals surface area contributed by atoms with Crippen LogP contribution in [0.5, 0.6) is 0 Å². The van der Waals surface area contributed by atoms with Gasteiger partial charge >= 0.3 is 0 Å². The Hall–Kier alpha value is -1.46. The lowest BCUT2D eigenvalue weighted by atomic mass is 9.99. The molecule has 0 atom stereocenters. The first-order valence-electron chi connectivity index (χ1n) is 7.01. The predicted molar refractivity (Wildman–Crippen MR) is 79.8 cm³/mol. The Kier molecular flexibility index (Phi) is 2.79. The SMILES string of the molecule is COCCc1nsc(N2CC3(CC3)c3ccccc32)n1. The highest BCUT2D eigenvalue weighted by Crippen LogP contribution is 2.57. The third kappa shape index (κ3) is 1.84. The van der Waals surface area contributed by atoms with Gasteiger partial charge in [0.1, 0.15) is 5.82 Å². The molecule has 5 heteroatoms. The summed E-state index contributed by atoms with van der Waals surface area (Å²) in [6.45, 7) is 1.74. The Morgan fingerprint density at radius 1 is 1.35 bits per heavy atom. The highest BCUT2D eigenvalue weighted by molar-refractivity contribution is 7.09. The number of anilines is 2. The number of aromatic nitrogens is 2. The molecule has 1 aliphatic carbocycles. The molecule has 0 amide bonds. The van der Waals surface area contributed by atoms with Gasteiger partial charge in [-0.05, 0) is 24.5 Å². The quantitative estimate of drug-likeness (QED) is 0.866. The lowest BCUT2D eigenvalue weighted by molar-refractivity contribution is 0.201.